The van der Waals surface area contributed by atoms with E-state index in [1.54, 1.807) is 0 Å². The minimum atomic E-state index is 0.851. The van der Waals surface area contributed by atoms with E-state index in [1.807, 2.05) is 11.3 Å². The second kappa shape index (κ2) is 11.4. The molecule has 1 aliphatic heterocycles. The molecule has 3 heterocycles. The van der Waals surface area contributed by atoms with Gasteiger partial charge in [0.1, 0.15) is 0 Å². The Bertz CT molecular complexity index is 3160. The van der Waals surface area contributed by atoms with E-state index in [9.17, 15) is 0 Å². The standard InChI is InChI=1S/C49H32N2S/c1-30-28-33-17-6-7-20-36(33)46(32-15-3-2-4-16-32)50-45(30)34-18-13-19-35(29-34)51-47-37-21-8-5-14-31(37)26-27-41(47)43-38-22-9-10-23-39(38)44-40-24-11-12-25-42(40)52-49(44)48(43)51/h2-27,29H,28H2,1H3. The molecule has 1 aliphatic rings. The van der Waals surface area contributed by atoms with E-state index in [0.717, 1.165) is 34.6 Å². The number of hydrogen-bond acceptors (Lipinski definition) is 2. The maximum absolute atomic E-state index is 5.54. The van der Waals surface area contributed by atoms with E-state index in [2.05, 4.69) is 175 Å². The van der Waals surface area contributed by atoms with Crippen LogP contribution in [0.1, 0.15) is 29.2 Å². The zero-order valence-corrected chi connectivity index (χ0v) is 29.4. The summed E-state index contributed by atoms with van der Waals surface area (Å²) in [5.41, 5.74) is 11.7. The van der Waals surface area contributed by atoms with Crippen molar-refractivity contribution in [2.24, 2.45) is 4.99 Å². The van der Waals surface area contributed by atoms with Gasteiger partial charge < -0.3 is 4.57 Å². The Hall–Kier alpha value is -6.29. The maximum atomic E-state index is 5.54. The minimum Gasteiger partial charge on any atom is -0.307 e. The molecule has 11 rings (SSSR count). The molecule has 0 saturated carbocycles. The molecule has 0 radical (unpaired) electrons. The highest BCUT2D eigenvalue weighted by atomic mass is 32.1. The monoisotopic (exact) mass is 680 g/mol. The lowest BCUT2D eigenvalue weighted by Crippen LogP contribution is -2.05. The van der Waals surface area contributed by atoms with Gasteiger partial charge in [-0.3, -0.25) is 0 Å². The molecular weight excluding hydrogens is 649 g/mol. The topological polar surface area (TPSA) is 17.3 Å². The molecule has 0 fully saturated rings. The maximum Gasteiger partial charge on any atom is 0.0784 e. The van der Waals surface area contributed by atoms with E-state index >= 15 is 0 Å². The van der Waals surface area contributed by atoms with Gasteiger partial charge in [-0.05, 0) is 58.8 Å². The number of nitrogens with zero attached hydrogens (tertiary/aromatic N) is 2. The van der Waals surface area contributed by atoms with Gasteiger partial charge in [-0.2, -0.15) is 0 Å². The van der Waals surface area contributed by atoms with Crippen LogP contribution in [0.4, 0.5) is 0 Å². The number of benzene rings is 8. The largest absolute Gasteiger partial charge is 0.307 e. The molecule has 2 nitrogen and oxygen atoms in total. The van der Waals surface area contributed by atoms with Gasteiger partial charge in [0.15, 0.2) is 0 Å². The lowest BCUT2D eigenvalue weighted by Gasteiger charge is -2.14. The van der Waals surface area contributed by atoms with Crippen molar-refractivity contribution in [3.05, 3.63) is 192 Å². The molecule has 10 aromatic rings. The number of hydrogen-bond donors (Lipinski definition) is 0. The lowest BCUT2D eigenvalue weighted by atomic mass is 9.95. The van der Waals surface area contributed by atoms with Gasteiger partial charge in [0.05, 0.1) is 27.1 Å². The zero-order chi connectivity index (χ0) is 34.3. The SMILES string of the molecule is CC1=C(c2cccc(-n3c4c5ccccc5ccc4c4c5ccccc5c5c6ccccc6sc5c43)c2)N=C(c2ccccc2)c2ccccc2C1. The van der Waals surface area contributed by atoms with Crippen molar-refractivity contribution in [2.45, 2.75) is 13.3 Å². The van der Waals surface area contributed by atoms with E-state index in [0.29, 0.717) is 0 Å². The van der Waals surface area contributed by atoms with Crippen LogP contribution in [0.5, 0.6) is 0 Å². The fraction of sp³-hybridized carbons (Fsp3) is 0.0408. The number of rotatable bonds is 3. The quantitative estimate of drug-likeness (QED) is 0.177. The summed E-state index contributed by atoms with van der Waals surface area (Å²) in [6.07, 6.45) is 0.851. The Labute approximate surface area is 305 Å². The van der Waals surface area contributed by atoms with Crippen LogP contribution in [-0.4, -0.2) is 10.3 Å². The molecular formula is C49H32N2S. The third-order valence-electron chi connectivity index (χ3n) is 10.9. The van der Waals surface area contributed by atoms with Crippen molar-refractivity contribution in [3.63, 3.8) is 0 Å². The minimum absolute atomic E-state index is 0.851. The molecule has 0 bridgehead atoms. The van der Waals surface area contributed by atoms with Gasteiger partial charge in [0, 0.05) is 54.0 Å². The first-order chi connectivity index (χ1) is 25.7. The zero-order valence-electron chi connectivity index (χ0n) is 28.6. The Balaban J connectivity index is 1.26. The first-order valence-electron chi connectivity index (χ1n) is 17.9. The summed E-state index contributed by atoms with van der Waals surface area (Å²) in [5.74, 6) is 0. The fourth-order valence-corrected chi connectivity index (χ4v) is 9.91. The average Bonchev–Trinajstić information content (AvgIpc) is 3.72. The van der Waals surface area contributed by atoms with Gasteiger partial charge >= 0.3 is 0 Å². The second-order valence-electron chi connectivity index (χ2n) is 13.9. The summed E-state index contributed by atoms with van der Waals surface area (Å²) < 4.78 is 5.20. The molecule has 0 N–H and O–H groups in total. The Morgan fingerprint density at radius 3 is 2.10 bits per heavy atom. The summed E-state index contributed by atoms with van der Waals surface area (Å²) in [4.78, 5) is 5.54. The van der Waals surface area contributed by atoms with E-state index in [-0.39, 0.29) is 0 Å². The van der Waals surface area contributed by atoms with Crippen molar-refractivity contribution in [1.29, 1.82) is 0 Å². The highest BCUT2D eigenvalue weighted by Crippen LogP contribution is 2.49. The summed E-state index contributed by atoms with van der Waals surface area (Å²) in [6.45, 7) is 2.25. The highest BCUT2D eigenvalue weighted by Gasteiger charge is 2.24. The number of aromatic nitrogens is 1. The van der Waals surface area contributed by atoms with Gasteiger partial charge in [-0.1, -0.05) is 146 Å². The van der Waals surface area contributed by atoms with Crippen LogP contribution in [-0.2, 0) is 6.42 Å². The molecule has 0 unspecified atom stereocenters. The van der Waals surface area contributed by atoms with Crippen molar-refractivity contribution >= 4 is 86.3 Å². The van der Waals surface area contributed by atoms with Crippen LogP contribution in [0.3, 0.4) is 0 Å². The summed E-state index contributed by atoms with van der Waals surface area (Å²) in [6, 6.07) is 59.8. The third kappa shape index (κ3) is 4.27. The number of thiophene rings is 1. The van der Waals surface area contributed by atoms with Crippen molar-refractivity contribution in [3.8, 4) is 5.69 Å². The first-order valence-corrected chi connectivity index (χ1v) is 18.8. The molecule has 0 amide bonds. The van der Waals surface area contributed by atoms with E-state index < -0.39 is 0 Å². The molecule has 0 atom stereocenters. The Morgan fingerprint density at radius 1 is 0.538 bits per heavy atom. The van der Waals surface area contributed by atoms with Crippen LogP contribution in [0, 0.1) is 0 Å². The summed E-state index contributed by atoms with van der Waals surface area (Å²) >= 11 is 1.91. The molecule has 2 aromatic heterocycles. The van der Waals surface area contributed by atoms with Crippen molar-refractivity contribution < 1.29 is 0 Å². The van der Waals surface area contributed by atoms with Gasteiger partial charge in [0.2, 0.25) is 0 Å². The van der Waals surface area contributed by atoms with Crippen molar-refractivity contribution in [2.75, 3.05) is 0 Å². The molecule has 3 heteroatoms. The van der Waals surface area contributed by atoms with Crippen LogP contribution < -0.4 is 0 Å². The normalized spacial score (nSPS) is 13.4. The van der Waals surface area contributed by atoms with Gasteiger partial charge in [0.25, 0.3) is 0 Å². The lowest BCUT2D eigenvalue weighted by molar-refractivity contribution is 1.14. The predicted molar refractivity (Wildman–Crippen MR) is 224 cm³/mol. The average molecular weight is 681 g/mol. The molecule has 0 saturated heterocycles. The number of fused-ring (bicyclic) bond motifs is 13. The fourth-order valence-electron chi connectivity index (χ4n) is 8.66. The third-order valence-corrected chi connectivity index (χ3v) is 12.1. The Kier molecular flexibility index (Phi) is 6.43. The molecule has 0 spiro atoms. The molecule has 52 heavy (non-hydrogen) atoms. The smallest absolute Gasteiger partial charge is 0.0784 e. The van der Waals surface area contributed by atoms with Crippen LogP contribution in [0.15, 0.2) is 174 Å². The van der Waals surface area contributed by atoms with E-state index in [4.69, 9.17) is 4.99 Å². The Morgan fingerprint density at radius 2 is 1.23 bits per heavy atom. The van der Waals surface area contributed by atoms with Crippen LogP contribution in [0.25, 0.3) is 74.9 Å². The van der Waals surface area contributed by atoms with Crippen molar-refractivity contribution in [1.82, 2.24) is 4.57 Å². The van der Waals surface area contributed by atoms with Gasteiger partial charge in [-0.25, -0.2) is 4.99 Å². The number of allylic oxidation sites excluding steroid dienone is 1. The summed E-state index contributed by atoms with van der Waals surface area (Å²) in [5, 5.41) is 10.3. The van der Waals surface area contributed by atoms with Crippen LogP contribution in [0.2, 0.25) is 0 Å². The predicted octanol–water partition coefficient (Wildman–Crippen LogP) is 13.3. The highest BCUT2D eigenvalue weighted by molar-refractivity contribution is 7.27. The molecule has 8 aromatic carbocycles. The molecule has 244 valence electrons. The molecule has 0 aliphatic carbocycles. The summed E-state index contributed by atoms with van der Waals surface area (Å²) in [7, 11) is 0. The van der Waals surface area contributed by atoms with E-state index in [1.165, 1.54) is 80.2 Å². The van der Waals surface area contributed by atoms with Gasteiger partial charge in [-0.15, -0.1) is 11.3 Å². The second-order valence-corrected chi connectivity index (χ2v) is 15.0. The first kappa shape index (κ1) is 29.4. The van der Waals surface area contributed by atoms with Crippen LogP contribution >= 0.6 is 11.3 Å². The number of aliphatic imine (C=N–C) groups is 1.